The molecule has 0 radical (unpaired) electrons. The molecule has 21 heavy (non-hydrogen) atoms. The second-order valence-corrected chi connectivity index (χ2v) is 7.41. The van der Waals surface area contributed by atoms with Crippen LogP contribution in [-0.4, -0.2) is 26.3 Å². The fraction of sp³-hybridized carbons (Fsp3) is 0.462. The van der Waals surface area contributed by atoms with E-state index in [9.17, 15) is 22.5 Å². The van der Waals surface area contributed by atoms with Crippen molar-refractivity contribution >= 4 is 17.3 Å². The van der Waals surface area contributed by atoms with E-state index >= 15 is 0 Å². The van der Waals surface area contributed by atoms with Gasteiger partial charge in [0.1, 0.15) is 10.6 Å². The first-order valence-corrected chi connectivity index (χ1v) is 7.16. The van der Waals surface area contributed by atoms with Crippen LogP contribution in [0.4, 0.5) is 13.2 Å². The molecule has 0 spiro atoms. The molecule has 0 amide bonds. The van der Waals surface area contributed by atoms with E-state index in [2.05, 4.69) is 4.72 Å². The summed E-state index contributed by atoms with van der Waals surface area (Å²) in [6, 6.07) is 2.05. The molecule has 0 fully saturated rings. The summed E-state index contributed by atoms with van der Waals surface area (Å²) in [5, 5.41) is 8.68. The third kappa shape index (κ3) is 4.36. The number of halogens is 3. The second-order valence-electron chi connectivity index (χ2n) is 5.42. The maximum atomic E-state index is 13.9. The number of hydrogen-bond donors (Lipinski definition) is 2. The fourth-order valence-electron chi connectivity index (χ4n) is 1.44. The van der Waals surface area contributed by atoms with Gasteiger partial charge in [0.15, 0.2) is 6.04 Å². The van der Waals surface area contributed by atoms with Crippen LogP contribution in [0.1, 0.15) is 32.4 Å². The molecule has 1 aromatic rings. The zero-order valence-corrected chi connectivity index (χ0v) is 12.5. The van der Waals surface area contributed by atoms with Gasteiger partial charge in [0.25, 0.3) is 0 Å². The van der Waals surface area contributed by atoms with Crippen LogP contribution in [0.5, 0.6) is 0 Å². The first-order chi connectivity index (χ1) is 9.46. The summed E-state index contributed by atoms with van der Waals surface area (Å²) in [6.45, 7) is 4.62. The van der Waals surface area contributed by atoms with E-state index in [-0.39, 0.29) is 5.56 Å². The standard InChI is InChI=1S/C13H16F3NO3S/c1-12(2,3)21(20)17-10(13(15,16)11(18)19)8-5-4-6-9(14)7-8/h4-7,10,17H,1-3H3,(H,18,19)/t10?,21-/m0/s1. The lowest BCUT2D eigenvalue weighted by Crippen LogP contribution is -2.49. The summed E-state index contributed by atoms with van der Waals surface area (Å²) in [4.78, 5) is 10.8. The molecule has 118 valence electrons. The molecule has 1 aromatic carbocycles. The highest BCUT2D eigenvalue weighted by Gasteiger charge is 2.51. The molecule has 0 heterocycles. The van der Waals surface area contributed by atoms with Crippen LogP contribution in [0.3, 0.4) is 0 Å². The predicted molar refractivity (Wildman–Crippen MR) is 72.8 cm³/mol. The summed E-state index contributed by atoms with van der Waals surface area (Å²) in [7, 11) is 0. The largest absolute Gasteiger partial charge is 0.598 e. The Morgan fingerprint density at radius 2 is 1.95 bits per heavy atom. The Kier molecular flexibility index (Phi) is 5.30. The molecule has 0 aliphatic carbocycles. The SMILES string of the molecule is CC(C)(C)[S@+]([O-])NC(c1cccc(F)c1)C(F)(F)C(=O)O. The molecule has 1 rings (SSSR count). The molecule has 1 unspecified atom stereocenters. The van der Waals surface area contributed by atoms with E-state index in [1.165, 1.54) is 26.8 Å². The number of alkyl halides is 2. The van der Waals surface area contributed by atoms with Crippen molar-refractivity contribution in [2.45, 2.75) is 37.5 Å². The zero-order valence-electron chi connectivity index (χ0n) is 11.7. The molecular formula is C13H16F3NO3S. The number of carboxylic acid groups (broad SMARTS) is 1. The van der Waals surface area contributed by atoms with Crippen LogP contribution in [0.25, 0.3) is 0 Å². The normalized spacial score (nSPS) is 15.6. The van der Waals surface area contributed by atoms with Gasteiger partial charge in [0.2, 0.25) is 0 Å². The fourth-order valence-corrected chi connectivity index (χ4v) is 2.30. The van der Waals surface area contributed by atoms with E-state index < -0.39 is 39.9 Å². The minimum absolute atomic E-state index is 0.292. The predicted octanol–water partition coefficient (Wildman–Crippen LogP) is 2.64. The Morgan fingerprint density at radius 1 is 1.38 bits per heavy atom. The third-order valence-corrected chi connectivity index (χ3v) is 4.17. The van der Waals surface area contributed by atoms with Gasteiger partial charge in [-0.1, -0.05) is 12.1 Å². The lowest BCUT2D eigenvalue weighted by atomic mass is 10.0. The van der Waals surface area contributed by atoms with E-state index in [4.69, 9.17) is 5.11 Å². The van der Waals surface area contributed by atoms with Gasteiger partial charge in [-0.05, 0) is 38.5 Å². The van der Waals surface area contributed by atoms with Crippen molar-refractivity contribution in [3.05, 3.63) is 35.6 Å². The number of hydrogen-bond acceptors (Lipinski definition) is 3. The van der Waals surface area contributed by atoms with Crippen LogP contribution in [-0.2, 0) is 16.2 Å². The quantitative estimate of drug-likeness (QED) is 0.817. The lowest BCUT2D eigenvalue weighted by molar-refractivity contribution is -0.168. The van der Waals surface area contributed by atoms with Crippen LogP contribution in [0.15, 0.2) is 24.3 Å². The molecule has 0 aliphatic heterocycles. The molecule has 2 atom stereocenters. The molecule has 0 aromatic heterocycles. The highest BCUT2D eigenvalue weighted by Crippen LogP contribution is 2.34. The summed E-state index contributed by atoms with van der Waals surface area (Å²) in [5.41, 5.74) is -0.292. The summed E-state index contributed by atoms with van der Waals surface area (Å²) in [6.07, 6.45) is 0. The molecule has 8 heteroatoms. The molecule has 2 N–H and O–H groups in total. The number of rotatable bonds is 5. The van der Waals surface area contributed by atoms with Crippen molar-refractivity contribution in [1.29, 1.82) is 0 Å². The van der Waals surface area contributed by atoms with Crippen molar-refractivity contribution in [1.82, 2.24) is 4.72 Å². The van der Waals surface area contributed by atoms with Crippen molar-refractivity contribution in [3.8, 4) is 0 Å². The smallest absolute Gasteiger partial charge is 0.376 e. The molecule has 0 bridgehead atoms. The maximum absolute atomic E-state index is 13.9. The average Bonchev–Trinajstić information content (AvgIpc) is 2.33. The topological polar surface area (TPSA) is 72.4 Å². The van der Waals surface area contributed by atoms with Crippen molar-refractivity contribution in [2.24, 2.45) is 0 Å². The highest BCUT2D eigenvalue weighted by atomic mass is 32.2. The van der Waals surface area contributed by atoms with Gasteiger partial charge >= 0.3 is 11.9 Å². The van der Waals surface area contributed by atoms with Crippen molar-refractivity contribution < 1.29 is 27.6 Å². The van der Waals surface area contributed by atoms with Crippen molar-refractivity contribution in [2.75, 3.05) is 0 Å². The molecule has 0 saturated heterocycles. The van der Waals surface area contributed by atoms with Gasteiger partial charge in [-0.2, -0.15) is 8.78 Å². The van der Waals surface area contributed by atoms with Gasteiger partial charge in [0, 0.05) is 11.4 Å². The summed E-state index contributed by atoms with van der Waals surface area (Å²) in [5.74, 6) is -7.41. The minimum atomic E-state index is -4.24. The number of benzene rings is 1. The van der Waals surface area contributed by atoms with Crippen LogP contribution in [0, 0.1) is 5.82 Å². The Hall–Kier alpha value is -1.25. The lowest BCUT2D eigenvalue weighted by Gasteiger charge is -2.30. The van der Waals surface area contributed by atoms with Gasteiger partial charge < -0.3 is 9.66 Å². The van der Waals surface area contributed by atoms with Gasteiger partial charge in [-0.15, -0.1) is 4.72 Å². The molecular weight excluding hydrogens is 307 g/mol. The van der Waals surface area contributed by atoms with Crippen LogP contribution in [0.2, 0.25) is 0 Å². The zero-order chi connectivity index (χ0) is 16.4. The van der Waals surface area contributed by atoms with E-state index in [0.717, 1.165) is 18.2 Å². The first-order valence-electron chi connectivity index (χ1n) is 6.01. The van der Waals surface area contributed by atoms with Gasteiger partial charge in [-0.25, -0.2) is 9.18 Å². The maximum Gasteiger partial charge on any atom is 0.376 e. The summed E-state index contributed by atoms with van der Waals surface area (Å²) >= 11 is -1.95. The van der Waals surface area contributed by atoms with E-state index in [1.807, 2.05) is 0 Å². The molecule has 0 saturated carbocycles. The van der Waals surface area contributed by atoms with E-state index in [1.54, 1.807) is 0 Å². The third-order valence-electron chi connectivity index (χ3n) is 2.61. The van der Waals surface area contributed by atoms with Crippen LogP contribution >= 0.6 is 0 Å². The Labute approximate surface area is 123 Å². The first kappa shape index (κ1) is 17.8. The Morgan fingerprint density at radius 3 is 2.38 bits per heavy atom. The monoisotopic (exact) mass is 323 g/mol. The number of carbonyl (C=O) groups is 1. The van der Waals surface area contributed by atoms with E-state index in [0.29, 0.717) is 0 Å². The number of aliphatic carboxylic acids is 1. The Bertz CT molecular complexity index is 520. The van der Waals surface area contributed by atoms with Gasteiger partial charge in [-0.3, -0.25) is 0 Å². The van der Waals surface area contributed by atoms with Gasteiger partial charge in [0.05, 0.1) is 0 Å². The minimum Gasteiger partial charge on any atom is -0.598 e. The molecule has 4 nitrogen and oxygen atoms in total. The number of carboxylic acids is 1. The van der Waals surface area contributed by atoms with Crippen molar-refractivity contribution in [3.63, 3.8) is 0 Å². The number of nitrogens with one attached hydrogen (secondary N) is 1. The summed E-state index contributed by atoms with van der Waals surface area (Å²) < 4.78 is 54.1. The molecule has 0 aliphatic rings. The second kappa shape index (κ2) is 6.25. The average molecular weight is 323 g/mol. The highest BCUT2D eigenvalue weighted by molar-refractivity contribution is 7.90. The van der Waals surface area contributed by atoms with Crippen LogP contribution < -0.4 is 4.72 Å². The Balaban J connectivity index is 3.21.